The van der Waals surface area contributed by atoms with E-state index in [0.717, 1.165) is 6.07 Å². The van der Waals surface area contributed by atoms with E-state index in [2.05, 4.69) is 4.98 Å². The van der Waals surface area contributed by atoms with Crippen molar-refractivity contribution >= 4 is 16.6 Å². The van der Waals surface area contributed by atoms with Gasteiger partial charge in [-0.05, 0) is 12.0 Å². The van der Waals surface area contributed by atoms with E-state index in [-0.39, 0.29) is 22.5 Å². The molecule has 17 heavy (non-hydrogen) atoms. The third-order valence-electron chi connectivity index (χ3n) is 2.57. The Labute approximate surface area is 96.3 Å². The molecule has 0 fully saturated rings. The molecule has 0 atom stereocenters. The number of hydrogen-bond acceptors (Lipinski definition) is 2. The standard InChI is InChI=1S/C12H11F3N2/c1-5(2)8-4-7(16)10-9(17-8)3-6(13)11(14)12(10)15/h3-5H,1-2H3,(H2,16,17). The molecular weight excluding hydrogens is 229 g/mol. The number of benzene rings is 1. The van der Waals surface area contributed by atoms with Crippen molar-refractivity contribution in [3.63, 3.8) is 0 Å². The smallest absolute Gasteiger partial charge is 0.195 e. The third kappa shape index (κ3) is 1.81. The van der Waals surface area contributed by atoms with Gasteiger partial charge in [-0.3, -0.25) is 4.98 Å². The molecule has 2 nitrogen and oxygen atoms in total. The Morgan fingerprint density at radius 2 is 1.76 bits per heavy atom. The average molecular weight is 240 g/mol. The highest BCUT2D eigenvalue weighted by Gasteiger charge is 2.17. The summed E-state index contributed by atoms with van der Waals surface area (Å²) in [5.41, 5.74) is 6.35. The fraction of sp³-hybridized carbons (Fsp3) is 0.250. The van der Waals surface area contributed by atoms with Crippen molar-refractivity contribution in [3.05, 3.63) is 35.3 Å². The summed E-state index contributed by atoms with van der Waals surface area (Å²) in [6, 6.07) is 2.34. The van der Waals surface area contributed by atoms with Gasteiger partial charge in [0.05, 0.1) is 10.9 Å². The van der Waals surface area contributed by atoms with E-state index in [1.165, 1.54) is 6.07 Å². The zero-order valence-electron chi connectivity index (χ0n) is 9.39. The van der Waals surface area contributed by atoms with Gasteiger partial charge >= 0.3 is 0 Å². The van der Waals surface area contributed by atoms with Crippen LogP contribution in [0.5, 0.6) is 0 Å². The number of fused-ring (bicyclic) bond motifs is 1. The molecule has 0 saturated carbocycles. The number of nitrogen functional groups attached to an aromatic ring is 1. The van der Waals surface area contributed by atoms with Crippen molar-refractivity contribution in [2.24, 2.45) is 0 Å². The maximum Gasteiger partial charge on any atom is 0.195 e. The van der Waals surface area contributed by atoms with Crippen LogP contribution in [0.3, 0.4) is 0 Å². The summed E-state index contributed by atoms with van der Waals surface area (Å²) in [5.74, 6) is -4.01. The lowest BCUT2D eigenvalue weighted by Gasteiger charge is -2.10. The Balaban J connectivity index is 2.87. The molecule has 0 radical (unpaired) electrons. The first-order valence-electron chi connectivity index (χ1n) is 5.15. The van der Waals surface area contributed by atoms with Crippen LogP contribution in [0.25, 0.3) is 10.9 Å². The van der Waals surface area contributed by atoms with Gasteiger partial charge in [0.2, 0.25) is 0 Å². The monoisotopic (exact) mass is 240 g/mol. The van der Waals surface area contributed by atoms with E-state index in [4.69, 9.17) is 5.73 Å². The quantitative estimate of drug-likeness (QED) is 0.776. The Morgan fingerprint density at radius 1 is 1.12 bits per heavy atom. The molecule has 5 heteroatoms. The largest absolute Gasteiger partial charge is 0.398 e. The molecular formula is C12H11F3N2. The minimum Gasteiger partial charge on any atom is -0.398 e. The molecule has 0 amide bonds. The van der Waals surface area contributed by atoms with E-state index >= 15 is 0 Å². The summed E-state index contributed by atoms with van der Waals surface area (Å²) in [6.45, 7) is 3.76. The molecule has 0 spiro atoms. The van der Waals surface area contributed by atoms with Gasteiger partial charge in [0.15, 0.2) is 17.5 Å². The van der Waals surface area contributed by atoms with Crippen LogP contribution in [0.1, 0.15) is 25.5 Å². The molecule has 1 aromatic carbocycles. The Kier molecular flexibility index (Phi) is 2.69. The van der Waals surface area contributed by atoms with E-state index in [9.17, 15) is 13.2 Å². The molecule has 90 valence electrons. The first kappa shape index (κ1) is 11.7. The van der Waals surface area contributed by atoms with Crippen molar-refractivity contribution in [1.82, 2.24) is 4.98 Å². The molecule has 0 aliphatic rings. The Bertz CT molecular complexity index is 594. The van der Waals surface area contributed by atoms with Gasteiger partial charge in [-0.1, -0.05) is 13.8 Å². The van der Waals surface area contributed by atoms with Crippen molar-refractivity contribution in [3.8, 4) is 0 Å². The van der Waals surface area contributed by atoms with Gasteiger partial charge in [0, 0.05) is 17.4 Å². The number of pyridine rings is 1. The highest BCUT2D eigenvalue weighted by atomic mass is 19.2. The molecule has 1 heterocycles. The number of hydrogen-bond donors (Lipinski definition) is 1. The lowest BCUT2D eigenvalue weighted by molar-refractivity contribution is 0.453. The fourth-order valence-electron chi connectivity index (χ4n) is 1.64. The van der Waals surface area contributed by atoms with Crippen LogP contribution >= 0.6 is 0 Å². The first-order valence-corrected chi connectivity index (χ1v) is 5.15. The second-order valence-electron chi connectivity index (χ2n) is 4.17. The number of halogens is 3. The predicted octanol–water partition coefficient (Wildman–Crippen LogP) is 3.36. The Hall–Kier alpha value is -1.78. The average Bonchev–Trinajstić information content (AvgIpc) is 2.25. The molecule has 2 aromatic rings. The van der Waals surface area contributed by atoms with Gasteiger partial charge in [-0.2, -0.15) is 0 Å². The number of nitrogens with zero attached hydrogens (tertiary/aromatic N) is 1. The van der Waals surface area contributed by atoms with Gasteiger partial charge in [0.1, 0.15) is 0 Å². The van der Waals surface area contributed by atoms with Gasteiger partial charge < -0.3 is 5.73 Å². The molecule has 0 unspecified atom stereocenters. The van der Waals surface area contributed by atoms with E-state index in [0.29, 0.717) is 5.69 Å². The molecule has 0 aliphatic carbocycles. The summed E-state index contributed by atoms with van der Waals surface area (Å²) in [7, 11) is 0. The van der Waals surface area contributed by atoms with Crippen LogP contribution in [0, 0.1) is 17.5 Å². The van der Waals surface area contributed by atoms with Crippen molar-refractivity contribution in [2.45, 2.75) is 19.8 Å². The SMILES string of the molecule is CC(C)c1cc(N)c2c(F)c(F)c(F)cc2n1. The topological polar surface area (TPSA) is 38.9 Å². The summed E-state index contributed by atoms with van der Waals surface area (Å²) in [5, 5.41) is -0.173. The highest BCUT2D eigenvalue weighted by Crippen LogP contribution is 2.29. The molecule has 2 N–H and O–H groups in total. The van der Waals surface area contributed by atoms with Crippen LogP contribution in [0.15, 0.2) is 12.1 Å². The van der Waals surface area contributed by atoms with Gasteiger partial charge in [-0.25, -0.2) is 13.2 Å². The number of aromatic nitrogens is 1. The zero-order chi connectivity index (χ0) is 12.7. The number of anilines is 1. The van der Waals surface area contributed by atoms with Crippen molar-refractivity contribution in [2.75, 3.05) is 5.73 Å². The minimum atomic E-state index is -1.52. The van der Waals surface area contributed by atoms with Crippen LogP contribution in [0.2, 0.25) is 0 Å². The molecule has 2 rings (SSSR count). The molecule has 0 bridgehead atoms. The van der Waals surface area contributed by atoms with Crippen LogP contribution in [-0.2, 0) is 0 Å². The highest BCUT2D eigenvalue weighted by molar-refractivity contribution is 5.91. The molecule has 0 aliphatic heterocycles. The van der Waals surface area contributed by atoms with Crippen LogP contribution in [0.4, 0.5) is 18.9 Å². The van der Waals surface area contributed by atoms with Gasteiger partial charge in [-0.15, -0.1) is 0 Å². The van der Waals surface area contributed by atoms with Crippen molar-refractivity contribution in [1.29, 1.82) is 0 Å². The molecule has 0 saturated heterocycles. The zero-order valence-corrected chi connectivity index (χ0v) is 9.39. The van der Waals surface area contributed by atoms with E-state index < -0.39 is 17.5 Å². The maximum atomic E-state index is 13.5. The third-order valence-corrected chi connectivity index (χ3v) is 2.57. The van der Waals surface area contributed by atoms with Crippen molar-refractivity contribution < 1.29 is 13.2 Å². The van der Waals surface area contributed by atoms with Crippen LogP contribution < -0.4 is 5.73 Å². The Morgan fingerprint density at radius 3 is 2.35 bits per heavy atom. The summed E-state index contributed by atoms with van der Waals surface area (Å²) in [6.07, 6.45) is 0. The lowest BCUT2D eigenvalue weighted by atomic mass is 10.1. The minimum absolute atomic E-state index is 0.0325. The first-order chi connectivity index (χ1) is 7.91. The maximum absolute atomic E-state index is 13.5. The summed E-state index contributed by atoms with van der Waals surface area (Å²) >= 11 is 0. The fourth-order valence-corrected chi connectivity index (χ4v) is 1.64. The molecule has 1 aromatic heterocycles. The lowest BCUT2D eigenvalue weighted by Crippen LogP contribution is -2.02. The summed E-state index contributed by atoms with van der Waals surface area (Å²) < 4.78 is 39.7. The summed E-state index contributed by atoms with van der Waals surface area (Å²) in [4.78, 5) is 4.07. The number of nitrogens with two attached hydrogens (primary N) is 1. The van der Waals surface area contributed by atoms with Gasteiger partial charge in [0.25, 0.3) is 0 Å². The van der Waals surface area contributed by atoms with Crippen LogP contribution in [-0.4, -0.2) is 4.98 Å². The second kappa shape index (κ2) is 3.91. The van der Waals surface area contributed by atoms with E-state index in [1.54, 1.807) is 0 Å². The second-order valence-corrected chi connectivity index (χ2v) is 4.17. The van der Waals surface area contributed by atoms with E-state index in [1.807, 2.05) is 13.8 Å². The normalized spacial score (nSPS) is 11.4. The number of rotatable bonds is 1. The predicted molar refractivity (Wildman–Crippen MR) is 60.1 cm³/mol.